The van der Waals surface area contributed by atoms with E-state index in [2.05, 4.69) is 40.7 Å². The second-order valence-corrected chi connectivity index (χ2v) is 12.8. The number of rotatable bonds is 5. The van der Waals surface area contributed by atoms with Crippen molar-refractivity contribution in [2.75, 3.05) is 13.7 Å². The SMILES string of the molecule is COc1ccc(/C=C2/CC(C(C)(C)C)Cc3c2nc2ccccc2c3C(=O)OCC(=O)N2C(C)CCCC2C)cc1. The molecule has 41 heavy (non-hydrogen) atoms. The quantitative estimate of drug-likeness (QED) is 0.309. The van der Waals surface area contributed by atoms with E-state index in [-0.39, 0.29) is 30.0 Å². The Hall–Kier alpha value is -3.67. The molecular formula is C35H42N2O4. The lowest BCUT2D eigenvalue weighted by Gasteiger charge is -2.39. The van der Waals surface area contributed by atoms with Crippen LogP contribution in [0, 0.1) is 11.3 Å². The van der Waals surface area contributed by atoms with E-state index in [0.717, 1.165) is 71.2 Å². The van der Waals surface area contributed by atoms with Crippen LogP contribution in [-0.2, 0) is 16.0 Å². The molecule has 3 aromatic rings. The maximum atomic E-state index is 13.9. The van der Waals surface area contributed by atoms with Gasteiger partial charge in [0.1, 0.15) is 5.75 Å². The van der Waals surface area contributed by atoms with E-state index in [1.165, 1.54) is 0 Å². The fourth-order valence-corrected chi connectivity index (χ4v) is 6.46. The Bertz CT molecular complexity index is 1460. The normalized spacial score (nSPS) is 22.0. The molecule has 5 rings (SSSR count). The summed E-state index contributed by atoms with van der Waals surface area (Å²) in [6.07, 6.45) is 6.81. The van der Waals surface area contributed by atoms with Crippen molar-refractivity contribution in [2.45, 2.75) is 78.8 Å². The minimum Gasteiger partial charge on any atom is -0.497 e. The molecule has 1 aliphatic heterocycles. The number of piperidine rings is 1. The average Bonchev–Trinajstić information content (AvgIpc) is 2.94. The third-order valence-electron chi connectivity index (χ3n) is 8.91. The molecule has 0 N–H and O–H groups in total. The Morgan fingerprint density at radius 1 is 1.00 bits per heavy atom. The highest BCUT2D eigenvalue weighted by molar-refractivity contribution is 6.07. The number of fused-ring (bicyclic) bond motifs is 2. The van der Waals surface area contributed by atoms with Crippen molar-refractivity contribution >= 4 is 34.4 Å². The van der Waals surface area contributed by atoms with Crippen LogP contribution in [0.1, 0.15) is 87.5 Å². The Kier molecular flexibility index (Phi) is 8.21. The molecule has 216 valence electrons. The molecule has 6 nitrogen and oxygen atoms in total. The number of hydrogen-bond donors (Lipinski definition) is 0. The third-order valence-corrected chi connectivity index (χ3v) is 8.91. The molecule has 1 aliphatic carbocycles. The van der Waals surface area contributed by atoms with Crippen LogP contribution in [0.5, 0.6) is 5.75 Å². The number of para-hydroxylation sites is 1. The Balaban J connectivity index is 1.56. The van der Waals surface area contributed by atoms with Gasteiger partial charge in [0.05, 0.1) is 23.9 Å². The van der Waals surface area contributed by atoms with Crippen LogP contribution in [0.3, 0.4) is 0 Å². The number of ether oxygens (including phenoxy) is 2. The first kappa shape index (κ1) is 28.8. The second-order valence-electron chi connectivity index (χ2n) is 12.8. The number of amides is 1. The highest BCUT2D eigenvalue weighted by Gasteiger charge is 2.36. The number of nitrogens with zero attached hydrogens (tertiary/aromatic N) is 2. The van der Waals surface area contributed by atoms with Crippen molar-refractivity contribution in [1.29, 1.82) is 0 Å². The second kappa shape index (κ2) is 11.7. The highest BCUT2D eigenvalue weighted by atomic mass is 16.5. The number of hydrogen-bond acceptors (Lipinski definition) is 5. The number of pyridine rings is 1. The first-order chi connectivity index (χ1) is 19.6. The number of carbonyl (C=O) groups excluding carboxylic acids is 2. The number of allylic oxidation sites excluding steroid dienone is 1. The van der Waals surface area contributed by atoms with Crippen LogP contribution < -0.4 is 4.74 Å². The number of benzene rings is 2. The highest BCUT2D eigenvalue weighted by Crippen LogP contribution is 2.45. The zero-order chi connectivity index (χ0) is 29.3. The maximum Gasteiger partial charge on any atom is 0.339 e. The number of likely N-dealkylation sites (tertiary alicyclic amines) is 1. The van der Waals surface area contributed by atoms with Crippen molar-refractivity contribution in [2.24, 2.45) is 11.3 Å². The van der Waals surface area contributed by atoms with Gasteiger partial charge in [0, 0.05) is 17.5 Å². The predicted molar refractivity (Wildman–Crippen MR) is 164 cm³/mol. The molecule has 3 unspecified atom stereocenters. The van der Waals surface area contributed by atoms with Crippen LogP contribution in [0.25, 0.3) is 22.6 Å². The predicted octanol–water partition coefficient (Wildman–Crippen LogP) is 7.34. The van der Waals surface area contributed by atoms with Crippen LogP contribution >= 0.6 is 0 Å². The van der Waals surface area contributed by atoms with Crippen molar-refractivity contribution in [3.8, 4) is 5.75 Å². The van der Waals surface area contributed by atoms with Gasteiger partial charge in [-0.2, -0.15) is 0 Å². The van der Waals surface area contributed by atoms with E-state index in [1.54, 1.807) is 7.11 Å². The molecular weight excluding hydrogens is 512 g/mol. The summed E-state index contributed by atoms with van der Waals surface area (Å²) in [7, 11) is 1.66. The molecule has 0 spiro atoms. The summed E-state index contributed by atoms with van der Waals surface area (Å²) in [6, 6.07) is 16.0. The minimum absolute atomic E-state index is 0.0139. The van der Waals surface area contributed by atoms with Gasteiger partial charge in [-0.05, 0) is 98.3 Å². The van der Waals surface area contributed by atoms with Crippen LogP contribution in [0.2, 0.25) is 0 Å². The van der Waals surface area contributed by atoms with Gasteiger partial charge in [0.15, 0.2) is 6.61 Å². The summed E-state index contributed by atoms with van der Waals surface area (Å²) in [6.45, 7) is 10.6. The van der Waals surface area contributed by atoms with E-state index in [1.807, 2.05) is 53.4 Å². The minimum atomic E-state index is -0.455. The zero-order valence-electron chi connectivity index (χ0n) is 25.2. The van der Waals surface area contributed by atoms with Crippen molar-refractivity contribution in [3.63, 3.8) is 0 Å². The summed E-state index contributed by atoms with van der Waals surface area (Å²) in [4.78, 5) is 34.1. The van der Waals surface area contributed by atoms with Crippen LogP contribution in [0.4, 0.5) is 0 Å². The molecule has 1 fully saturated rings. The van der Waals surface area contributed by atoms with Crippen LogP contribution in [0.15, 0.2) is 48.5 Å². The standard InChI is InChI=1S/C35H42N2O4/c1-22-10-9-11-23(2)37(22)31(38)21-41-34(39)32-28-12-7-8-13-30(28)36-33-25(18-24-14-16-27(40-6)17-15-24)19-26(20-29(32)33)35(3,4)5/h7-8,12-18,22-23,26H,9-11,19-21H2,1-6H3/b25-18-. The van der Waals surface area contributed by atoms with E-state index >= 15 is 0 Å². The van der Waals surface area contributed by atoms with Gasteiger partial charge in [-0.25, -0.2) is 9.78 Å². The average molecular weight is 555 g/mol. The van der Waals surface area contributed by atoms with E-state index in [4.69, 9.17) is 14.5 Å². The molecule has 3 atom stereocenters. The number of carbonyl (C=O) groups is 2. The largest absolute Gasteiger partial charge is 0.497 e. The first-order valence-corrected chi connectivity index (χ1v) is 14.8. The topological polar surface area (TPSA) is 68.7 Å². The first-order valence-electron chi connectivity index (χ1n) is 14.8. The lowest BCUT2D eigenvalue weighted by molar-refractivity contribution is -0.140. The number of aromatic nitrogens is 1. The zero-order valence-corrected chi connectivity index (χ0v) is 25.2. The smallest absolute Gasteiger partial charge is 0.339 e. The fraction of sp³-hybridized carbons (Fsp3) is 0.457. The number of methoxy groups -OCH3 is 1. The monoisotopic (exact) mass is 554 g/mol. The van der Waals surface area contributed by atoms with Crippen molar-refractivity contribution < 1.29 is 19.1 Å². The van der Waals surface area contributed by atoms with E-state index < -0.39 is 5.97 Å². The summed E-state index contributed by atoms with van der Waals surface area (Å²) < 4.78 is 11.2. The summed E-state index contributed by atoms with van der Waals surface area (Å²) in [5.74, 6) is 0.522. The molecule has 0 saturated carbocycles. The van der Waals surface area contributed by atoms with Gasteiger partial charge >= 0.3 is 5.97 Å². The lowest BCUT2D eigenvalue weighted by Crippen LogP contribution is -2.49. The molecule has 2 aliphatic rings. The summed E-state index contributed by atoms with van der Waals surface area (Å²) in [5, 5.41) is 0.766. The van der Waals surface area contributed by atoms with Gasteiger partial charge in [-0.1, -0.05) is 51.1 Å². The molecule has 6 heteroatoms. The summed E-state index contributed by atoms with van der Waals surface area (Å²) >= 11 is 0. The molecule has 1 saturated heterocycles. The maximum absolute atomic E-state index is 13.9. The molecule has 0 bridgehead atoms. The van der Waals surface area contributed by atoms with Gasteiger partial charge in [-0.15, -0.1) is 0 Å². The van der Waals surface area contributed by atoms with Gasteiger partial charge in [-0.3, -0.25) is 4.79 Å². The van der Waals surface area contributed by atoms with Crippen molar-refractivity contribution in [1.82, 2.24) is 9.88 Å². The molecule has 0 radical (unpaired) electrons. The molecule has 1 aromatic heterocycles. The Morgan fingerprint density at radius 2 is 1.68 bits per heavy atom. The van der Waals surface area contributed by atoms with Gasteiger partial charge in [0.25, 0.3) is 5.91 Å². The van der Waals surface area contributed by atoms with Gasteiger partial charge in [0.2, 0.25) is 0 Å². The third kappa shape index (κ3) is 6.02. The Labute approximate surface area is 243 Å². The van der Waals surface area contributed by atoms with E-state index in [0.29, 0.717) is 11.5 Å². The molecule has 2 aromatic carbocycles. The van der Waals surface area contributed by atoms with Crippen LogP contribution in [-0.4, -0.2) is 47.6 Å². The molecule has 2 heterocycles. The fourth-order valence-electron chi connectivity index (χ4n) is 6.46. The lowest BCUT2D eigenvalue weighted by atomic mass is 9.69. The number of esters is 1. The molecule has 1 amide bonds. The van der Waals surface area contributed by atoms with Crippen molar-refractivity contribution in [3.05, 3.63) is 70.9 Å². The van der Waals surface area contributed by atoms with E-state index in [9.17, 15) is 9.59 Å². The summed E-state index contributed by atoms with van der Waals surface area (Å²) in [5.41, 5.74) is 5.20. The van der Waals surface area contributed by atoms with Gasteiger partial charge < -0.3 is 14.4 Å². The Morgan fingerprint density at radius 3 is 2.34 bits per heavy atom.